The topological polar surface area (TPSA) is 42.2 Å². The molecule has 0 aliphatic rings. The van der Waals surface area contributed by atoms with Gasteiger partial charge in [-0.1, -0.05) is 23.7 Å². The molecule has 0 saturated carbocycles. The van der Waals surface area contributed by atoms with Crippen LogP contribution in [0, 0.1) is 17.4 Å². The second kappa shape index (κ2) is 6.99. The van der Waals surface area contributed by atoms with Crippen LogP contribution in [-0.4, -0.2) is 5.91 Å². The largest absolute Gasteiger partial charge is 0.451 e. The van der Waals surface area contributed by atoms with E-state index in [4.69, 9.17) is 16.0 Å². The number of hydrogen-bond acceptors (Lipinski definition) is 2. The third-order valence-corrected chi connectivity index (χ3v) is 4.80. The molecule has 0 aliphatic heterocycles. The fourth-order valence-electron chi connectivity index (χ4n) is 2.31. The predicted molar refractivity (Wildman–Crippen MR) is 106 cm³/mol. The van der Waals surface area contributed by atoms with Crippen molar-refractivity contribution in [2.75, 3.05) is 5.32 Å². The molecule has 24 heavy (non-hydrogen) atoms. The van der Waals surface area contributed by atoms with E-state index >= 15 is 0 Å². The van der Waals surface area contributed by atoms with E-state index in [1.54, 1.807) is 12.1 Å². The van der Waals surface area contributed by atoms with Crippen molar-refractivity contribution in [3.8, 4) is 11.3 Å². The molecule has 1 aromatic heterocycles. The van der Waals surface area contributed by atoms with Gasteiger partial charge in [-0.25, -0.2) is 0 Å². The molecular weight excluding hydrogens is 437 g/mol. The lowest BCUT2D eigenvalue weighted by Gasteiger charge is -2.07. The first-order valence-corrected chi connectivity index (χ1v) is 8.83. The third kappa shape index (κ3) is 3.65. The summed E-state index contributed by atoms with van der Waals surface area (Å²) in [5, 5.41) is 3.55. The monoisotopic (exact) mass is 451 g/mol. The van der Waals surface area contributed by atoms with Gasteiger partial charge in [-0.3, -0.25) is 4.79 Å². The molecule has 2 aromatic carbocycles. The molecule has 1 heterocycles. The van der Waals surface area contributed by atoms with Gasteiger partial charge in [0.2, 0.25) is 0 Å². The van der Waals surface area contributed by atoms with Crippen molar-refractivity contribution in [1.82, 2.24) is 0 Å². The smallest absolute Gasteiger partial charge is 0.291 e. The predicted octanol–water partition coefficient (Wildman–Crippen LogP) is 6.07. The molecule has 3 rings (SSSR count). The third-order valence-electron chi connectivity index (χ3n) is 3.72. The zero-order valence-electron chi connectivity index (χ0n) is 13.2. The summed E-state index contributed by atoms with van der Waals surface area (Å²) in [6.45, 7) is 3.90. The zero-order chi connectivity index (χ0) is 17.3. The molecule has 0 spiro atoms. The lowest BCUT2D eigenvalue weighted by molar-refractivity contribution is 0.0997. The molecule has 0 aliphatic carbocycles. The number of furan rings is 1. The highest BCUT2D eigenvalue weighted by Crippen LogP contribution is 2.27. The number of carbonyl (C=O) groups is 1. The second-order valence-corrected chi connectivity index (χ2v) is 7.19. The Balaban J connectivity index is 1.82. The van der Waals surface area contributed by atoms with Crippen LogP contribution in [-0.2, 0) is 0 Å². The van der Waals surface area contributed by atoms with Crippen molar-refractivity contribution in [3.63, 3.8) is 0 Å². The highest BCUT2D eigenvalue weighted by molar-refractivity contribution is 14.1. The summed E-state index contributed by atoms with van der Waals surface area (Å²) in [6.07, 6.45) is 0. The number of halogens is 2. The highest BCUT2D eigenvalue weighted by atomic mass is 127. The Labute approximate surface area is 159 Å². The number of aryl methyl sites for hydroxylation is 2. The summed E-state index contributed by atoms with van der Waals surface area (Å²) >= 11 is 8.39. The van der Waals surface area contributed by atoms with Gasteiger partial charge in [0.25, 0.3) is 5.91 Å². The number of carbonyl (C=O) groups excluding carboxylic acids is 1. The van der Waals surface area contributed by atoms with Crippen LogP contribution in [0.5, 0.6) is 0 Å². The van der Waals surface area contributed by atoms with E-state index in [2.05, 4.69) is 27.9 Å². The number of rotatable bonds is 3. The second-order valence-electron chi connectivity index (χ2n) is 5.54. The molecular formula is C19H15ClINO2. The van der Waals surface area contributed by atoms with E-state index < -0.39 is 0 Å². The van der Waals surface area contributed by atoms with Gasteiger partial charge in [-0.05, 0) is 84.0 Å². The molecule has 0 radical (unpaired) electrons. The van der Waals surface area contributed by atoms with Crippen molar-refractivity contribution < 1.29 is 9.21 Å². The van der Waals surface area contributed by atoms with E-state index in [9.17, 15) is 4.79 Å². The lowest BCUT2D eigenvalue weighted by atomic mass is 10.1. The molecule has 3 nitrogen and oxygen atoms in total. The Morgan fingerprint density at radius 3 is 2.54 bits per heavy atom. The molecule has 122 valence electrons. The summed E-state index contributed by atoms with van der Waals surface area (Å²) in [5.74, 6) is 0.602. The Kier molecular flexibility index (Phi) is 4.96. The molecule has 0 atom stereocenters. The average Bonchev–Trinajstić information content (AvgIpc) is 3.03. The maximum Gasteiger partial charge on any atom is 0.291 e. The zero-order valence-corrected chi connectivity index (χ0v) is 16.1. The number of nitrogens with one attached hydrogen (secondary N) is 1. The van der Waals surface area contributed by atoms with Crippen LogP contribution in [0.2, 0.25) is 5.02 Å². The van der Waals surface area contributed by atoms with Gasteiger partial charge in [0.15, 0.2) is 5.76 Å². The number of anilines is 1. The van der Waals surface area contributed by atoms with Crippen LogP contribution in [0.25, 0.3) is 11.3 Å². The van der Waals surface area contributed by atoms with Crippen LogP contribution in [0.1, 0.15) is 21.7 Å². The first kappa shape index (κ1) is 17.0. The fourth-order valence-corrected chi connectivity index (χ4v) is 3.14. The fraction of sp³-hybridized carbons (Fsp3) is 0.105. The van der Waals surface area contributed by atoms with E-state index in [0.29, 0.717) is 10.8 Å². The molecule has 1 N–H and O–H groups in total. The van der Waals surface area contributed by atoms with Crippen LogP contribution >= 0.6 is 34.2 Å². The molecule has 3 aromatic rings. The molecule has 0 saturated heterocycles. The summed E-state index contributed by atoms with van der Waals surface area (Å²) in [6, 6.07) is 15.0. The SMILES string of the molecule is Cc1ccc(-c2ccc(C(=O)Nc3ccc(I)cc3C)o2)cc1Cl. The summed E-state index contributed by atoms with van der Waals surface area (Å²) in [7, 11) is 0. The number of hydrogen-bond donors (Lipinski definition) is 1. The maximum absolute atomic E-state index is 12.4. The summed E-state index contributed by atoms with van der Waals surface area (Å²) in [5.41, 5.74) is 3.62. The molecule has 1 amide bonds. The van der Waals surface area contributed by atoms with Gasteiger partial charge in [0.05, 0.1) is 0 Å². The van der Waals surface area contributed by atoms with Gasteiger partial charge in [-0.2, -0.15) is 0 Å². The van der Waals surface area contributed by atoms with Crippen LogP contribution < -0.4 is 5.32 Å². The van der Waals surface area contributed by atoms with Gasteiger partial charge >= 0.3 is 0 Å². The molecule has 5 heteroatoms. The first-order chi connectivity index (χ1) is 11.4. The van der Waals surface area contributed by atoms with Gasteiger partial charge in [0, 0.05) is 19.8 Å². The van der Waals surface area contributed by atoms with Crippen LogP contribution in [0.15, 0.2) is 52.9 Å². The Morgan fingerprint density at radius 2 is 1.83 bits per heavy atom. The van der Waals surface area contributed by atoms with Gasteiger partial charge in [0.1, 0.15) is 5.76 Å². The van der Waals surface area contributed by atoms with E-state index in [1.165, 1.54) is 0 Å². The lowest BCUT2D eigenvalue weighted by Crippen LogP contribution is -2.11. The molecule has 0 unspecified atom stereocenters. The molecule has 0 bridgehead atoms. The normalized spacial score (nSPS) is 10.7. The van der Waals surface area contributed by atoms with Crippen molar-refractivity contribution >= 4 is 45.8 Å². The highest BCUT2D eigenvalue weighted by Gasteiger charge is 2.14. The number of amides is 1. The Hall–Kier alpha value is -1.79. The van der Waals surface area contributed by atoms with E-state index in [0.717, 1.165) is 25.9 Å². The van der Waals surface area contributed by atoms with Crippen LogP contribution in [0.3, 0.4) is 0 Å². The standard InChI is InChI=1S/C19H15ClINO2/c1-11-3-4-13(10-15(11)20)17-7-8-18(24-17)19(23)22-16-6-5-14(21)9-12(16)2/h3-10H,1-2H3,(H,22,23). The summed E-state index contributed by atoms with van der Waals surface area (Å²) in [4.78, 5) is 12.4. The van der Waals surface area contributed by atoms with Crippen molar-refractivity contribution in [2.45, 2.75) is 13.8 Å². The molecule has 0 fully saturated rings. The van der Waals surface area contributed by atoms with Crippen molar-refractivity contribution in [2.24, 2.45) is 0 Å². The Bertz CT molecular complexity index is 917. The minimum atomic E-state index is -0.274. The van der Waals surface area contributed by atoms with Crippen molar-refractivity contribution in [1.29, 1.82) is 0 Å². The minimum absolute atomic E-state index is 0.264. The first-order valence-electron chi connectivity index (χ1n) is 7.38. The quantitative estimate of drug-likeness (QED) is 0.491. The van der Waals surface area contributed by atoms with Crippen LogP contribution in [0.4, 0.5) is 5.69 Å². The van der Waals surface area contributed by atoms with Gasteiger partial charge < -0.3 is 9.73 Å². The summed E-state index contributed by atoms with van der Waals surface area (Å²) < 4.78 is 6.81. The Morgan fingerprint density at radius 1 is 1.04 bits per heavy atom. The van der Waals surface area contributed by atoms with E-state index in [-0.39, 0.29) is 11.7 Å². The maximum atomic E-state index is 12.4. The van der Waals surface area contributed by atoms with E-state index in [1.807, 2.05) is 50.2 Å². The van der Waals surface area contributed by atoms with Gasteiger partial charge in [-0.15, -0.1) is 0 Å². The minimum Gasteiger partial charge on any atom is -0.451 e. The van der Waals surface area contributed by atoms with Crippen molar-refractivity contribution in [3.05, 3.63) is 74.0 Å². The number of benzene rings is 2. The average molecular weight is 452 g/mol.